The first-order valence-electron chi connectivity index (χ1n) is 10.1. The number of alkyl halides is 1. The van der Waals surface area contributed by atoms with Crippen molar-refractivity contribution in [3.63, 3.8) is 0 Å². The topological polar surface area (TPSA) is 106 Å². The molecule has 0 aromatic heterocycles. The number of rotatable bonds is 8. The summed E-state index contributed by atoms with van der Waals surface area (Å²) in [5.41, 5.74) is -0.190. The van der Waals surface area contributed by atoms with E-state index in [1.54, 1.807) is 0 Å². The molecule has 1 saturated heterocycles. The Hall–Kier alpha value is -2.18. The van der Waals surface area contributed by atoms with Crippen molar-refractivity contribution >= 4 is 12.0 Å². The monoisotopic (exact) mass is 461 g/mol. The Morgan fingerprint density at radius 2 is 1.94 bits per heavy atom. The quantitative estimate of drug-likeness (QED) is 0.393. The van der Waals surface area contributed by atoms with Crippen LogP contribution in [0.2, 0.25) is 0 Å². The second-order valence-electron chi connectivity index (χ2n) is 7.58. The van der Waals surface area contributed by atoms with E-state index in [0.29, 0.717) is 0 Å². The number of carbonyl (C=O) groups is 1. The molecule has 1 aliphatic carbocycles. The molecule has 0 spiro atoms. The predicted octanol–water partition coefficient (Wildman–Crippen LogP) is 1.08. The lowest BCUT2D eigenvalue weighted by Crippen LogP contribution is -2.68. The minimum atomic E-state index is -1.41. The highest BCUT2D eigenvalue weighted by Crippen LogP contribution is 2.31. The number of aliphatic hydroxyl groups excluding tert-OH is 2. The average molecular weight is 461 g/mol. The van der Waals surface area contributed by atoms with Crippen LogP contribution in [0.3, 0.4) is 0 Å². The number of hydrogen-bond donors (Lipinski definition) is 3. The van der Waals surface area contributed by atoms with Crippen LogP contribution in [0, 0.1) is 11.6 Å². The average Bonchev–Trinajstić information content (AvgIpc) is 3.25. The summed E-state index contributed by atoms with van der Waals surface area (Å²) in [7, 11) is 1.37. The summed E-state index contributed by atoms with van der Waals surface area (Å²) < 4.78 is 61.8. The highest BCUT2D eigenvalue weighted by atomic mass is 19.1. The highest BCUT2D eigenvalue weighted by molar-refractivity contribution is 5.97. The Bertz CT molecular complexity index is 853. The molecule has 2 fully saturated rings. The summed E-state index contributed by atoms with van der Waals surface area (Å²) in [6.07, 6.45) is -3.87. The van der Waals surface area contributed by atoms with Crippen molar-refractivity contribution in [2.75, 3.05) is 27.2 Å². The molecule has 178 valence electrons. The smallest absolute Gasteiger partial charge is 0.247 e. The van der Waals surface area contributed by atoms with Crippen LogP contribution in [0.5, 0.6) is 5.75 Å². The van der Waals surface area contributed by atoms with Crippen LogP contribution in [-0.2, 0) is 19.0 Å². The molecule has 1 aromatic rings. The Morgan fingerprint density at radius 1 is 1.22 bits per heavy atom. The van der Waals surface area contributed by atoms with E-state index in [0.717, 1.165) is 18.2 Å². The first kappa shape index (κ1) is 24.5. The van der Waals surface area contributed by atoms with E-state index in [9.17, 15) is 28.2 Å². The van der Waals surface area contributed by atoms with Crippen LogP contribution in [0.4, 0.5) is 13.2 Å². The van der Waals surface area contributed by atoms with Gasteiger partial charge in [-0.05, 0) is 19.1 Å². The highest BCUT2D eigenvalue weighted by Gasteiger charge is 2.54. The number of benzene rings is 1. The number of nitrogens with one attached hydrogen (secondary N) is 1. The Morgan fingerprint density at radius 3 is 2.62 bits per heavy atom. The number of amides is 1. The molecule has 11 heteroatoms. The number of carbonyl (C=O) groups excluding carboxylic acids is 1. The number of fused-ring (bicyclic) bond motifs is 1. The Kier molecular flexibility index (Phi) is 8.12. The van der Waals surface area contributed by atoms with Gasteiger partial charge in [0.15, 0.2) is 11.6 Å². The van der Waals surface area contributed by atoms with Crippen molar-refractivity contribution in [1.29, 1.82) is 0 Å². The fraction of sp³-hybridized carbons (Fsp3) is 0.571. The maximum Gasteiger partial charge on any atom is 0.247 e. The molecular formula is C21H26F3NO7. The third-order valence-corrected chi connectivity index (χ3v) is 5.46. The van der Waals surface area contributed by atoms with Gasteiger partial charge in [0.1, 0.15) is 43.1 Å². The molecule has 2 aliphatic rings. The normalized spacial score (nSPS) is 30.2. The van der Waals surface area contributed by atoms with E-state index in [1.165, 1.54) is 14.0 Å². The molecule has 1 aromatic carbocycles. The van der Waals surface area contributed by atoms with Gasteiger partial charge in [-0.1, -0.05) is 0 Å². The van der Waals surface area contributed by atoms with Crippen LogP contribution in [0.1, 0.15) is 18.9 Å². The van der Waals surface area contributed by atoms with E-state index < -0.39 is 60.8 Å². The largest absolute Gasteiger partial charge is 0.490 e. The van der Waals surface area contributed by atoms with Crippen LogP contribution >= 0.6 is 0 Å². The fourth-order valence-electron chi connectivity index (χ4n) is 3.78. The molecule has 32 heavy (non-hydrogen) atoms. The first-order chi connectivity index (χ1) is 15.3. The Labute approximate surface area is 182 Å². The summed E-state index contributed by atoms with van der Waals surface area (Å²) in [5, 5.41) is 23.3. The number of aliphatic hydroxyl groups is 2. The van der Waals surface area contributed by atoms with Gasteiger partial charge < -0.3 is 34.5 Å². The second-order valence-corrected chi connectivity index (χ2v) is 7.58. The summed E-state index contributed by atoms with van der Waals surface area (Å²) in [6.45, 7) is 0.549. The second kappa shape index (κ2) is 10.6. The van der Waals surface area contributed by atoms with Crippen LogP contribution in [0.25, 0.3) is 6.08 Å². The van der Waals surface area contributed by atoms with Gasteiger partial charge in [-0.15, -0.1) is 0 Å². The van der Waals surface area contributed by atoms with Crippen molar-refractivity contribution in [1.82, 2.24) is 5.32 Å². The standard InChI is InChI=1S/C21H26F3NO7/c1-10(6-11-7-13(24)14(8-12(11)23)30-5-3-4-22)21(28)25-15-16(26)17(27)19-20(18(15)29-2)32-9-31-19/h6-8,15-20,26-27H,3-5,9H2,1-2H3,(H,25,28)/b10-6+/t15-,16+,17-,18-,19-,20+/m1/s1. The maximum atomic E-state index is 14.4. The molecule has 8 nitrogen and oxygen atoms in total. The molecule has 1 saturated carbocycles. The lowest BCUT2D eigenvalue weighted by molar-refractivity contribution is -0.162. The fourth-order valence-corrected chi connectivity index (χ4v) is 3.78. The molecule has 1 amide bonds. The molecule has 0 unspecified atom stereocenters. The van der Waals surface area contributed by atoms with Gasteiger partial charge in [0, 0.05) is 30.7 Å². The summed E-state index contributed by atoms with van der Waals surface area (Å²) in [5.74, 6) is -2.75. The zero-order valence-electron chi connectivity index (χ0n) is 17.6. The lowest BCUT2D eigenvalue weighted by atomic mass is 9.83. The number of ether oxygens (including phenoxy) is 4. The van der Waals surface area contributed by atoms with E-state index in [2.05, 4.69) is 5.32 Å². The van der Waals surface area contributed by atoms with Gasteiger partial charge in [-0.25, -0.2) is 8.78 Å². The van der Waals surface area contributed by atoms with Crippen molar-refractivity contribution in [3.05, 3.63) is 34.9 Å². The van der Waals surface area contributed by atoms with Crippen LogP contribution in [-0.4, -0.2) is 79.9 Å². The minimum Gasteiger partial charge on any atom is -0.490 e. The minimum absolute atomic E-state index is 0.0108. The van der Waals surface area contributed by atoms with Crippen LogP contribution < -0.4 is 10.1 Å². The summed E-state index contributed by atoms with van der Waals surface area (Å²) in [6, 6.07) is 0.647. The molecule has 0 radical (unpaired) electrons. The summed E-state index contributed by atoms with van der Waals surface area (Å²) >= 11 is 0. The van der Waals surface area contributed by atoms with E-state index in [4.69, 9.17) is 18.9 Å². The van der Waals surface area contributed by atoms with E-state index in [1.807, 2.05) is 0 Å². The van der Waals surface area contributed by atoms with Crippen molar-refractivity contribution in [3.8, 4) is 5.75 Å². The van der Waals surface area contributed by atoms with Gasteiger partial charge in [-0.3, -0.25) is 9.18 Å². The lowest BCUT2D eigenvalue weighted by Gasteiger charge is -2.43. The Balaban J connectivity index is 1.74. The molecule has 1 heterocycles. The van der Waals surface area contributed by atoms with E-state index in [-0.39, 0.29) is 36.7 Å². The van der Waals surface area contributed by atoms with Gasteiger partial charge >= 0.3 is 0 Å². The molecule has 3 N–H and O–H groups in total. The van der Waals surface area contributed by atoms with E-state index >= 15 is 0 Å². The first-order valence-corrected chi connectivity index (χ1v) is 10.1. The molecule has 1 aliphatic heterocycles. The number of methoxy groups -OCH3 is 1. The maximum absolute atomic E-state index is 14.4. The number of hydrogen-bond acceptors (Lipinski definition) is 7. The van der Waals surface area contributed by atoms with Gasteiger partial charge in [0.2, 0.25) is 5.91 Å². The van der Waals surface area contributed by atoms with Gasteiger partial charge in [0.25, 0.3) is 0 Å². The number of halogens is 3. The van der Waals surface area contributed by atoms with Crippen molar-refractivity contribution in [2.45, 2.75) is 49.9 Å². The third kappa shape index (κ3) is 5.07. The zero-order valence-corrected chi connectivity index (χ0v) is 17.6. The molecular weight excluding hydrogens is 435 g/mol. The predicted molar refractivity (Wildman–Crippen MR) is 105 cm³/mol. The van der Waals surface area contributed by atoms with Gasteiger partial charge in [0.05, 0.1) is 19.3 Å². The molecule has 3 rings (SSSR count). The van der Waals surface area contributed by atoms with Gasteiger partial charge in [-0.2, -0.15) is 0 Å². The summed E-state index contributed by atoms with van der Waals surface area (Å²) in [4.78, 5) is 12.7. The van der Waals surface area contributed by atoms with Crippen molar-refractivity contribution < 1.29 is 47.1 Å². The third-order valence-electron chi connectivity index (χ3n) is 5.46. The SMILES string of the molecule is CO[C@@H]1[C@H](NC(=O)/C(C)=C/c2cc(F)c(OCCCF)cc2F)[C@H](O)[C@@H](O)[C@H]2OCO[C@H]21. The van der Waals surface area contributed by atoms with Crippen molar-refractivity contribution in [2.24, 2.45) is 0 Å². The molecule has 0 bridgehead atoms. The zero-order chi connectivity index (χ0) is 23.4. The molecule has 6 atom stereocenters. The van der Waals surface area contributed by atoms with Crippen LogP contribution in [0.15, 0.2) is 17.7 Å².